The third-order valence-corrected chi connectivity index (χ3v) is 4.57. The van der Waals surface area contributed by atoms with Gasteiger partial charge in [-0.3, -0.25) is 9.59 Å². The van der Waals surface area contributed by atoms with Crippen molar-refractivity contribution in [2.45, 2.75) is 6.92 Å². The first-order valence-electron chi connectivity index (χ1n) is 9.07. The molecule has 1 amide bonds. The zero-order valence-corrected chi connectivity index (χ0v) is 15.9. The van der Waals surface area contributed by atoms with Crippen molar-refractivity contribution in [1.82, 2.24) is 20.2 Å². The van der Waals surface area contributed by atoms with Gasteiger partial charge < -0.3 is 5.32 Å². The second-order valence-electron chi connectivity index (χ2n) is 6.59. The molecule has 0 saturated heterocycles. The van der Waals surface area contributed by atoms with Crippen molar-refractivity contribution in [2.24, 2.45) is 0 Å². The molecule has 7 nitrogen and oxygen atoms in total. The Labute approximate surface area is 171 Å². The first-order valence-corrected chi connectivity index (χ1v) is 9.07. The van der Waals surface area contributed by atoms with E-state index in [1.165, 1.54) is 35.3 Å². The molecule has 1 N–H and O–H groups in total. The van der Waals surface area contributed by atoms with Crippen LogP contribution in [0.25, 0.3) is 5.69 Å². The summed E-state index contributed by atoms with van der Waals surface area (Å²) in [5.74, 6) is -1.21. The summed E-state index contributed by atoms with van der Waals surface area (Å²) < 4.78 is 14.7. The third-order valence-electron chi connectivity index (χ3n) is 4.57. The SMILES string of the molecule is Cc1cc(NC(=O)c2ccccc2C(=O)c2ccc(F)cc2)ccc1-n1cnnn1. The Balaban J connectivity index is 1.59. The number of amides is 1. The highest BCUT2D eigenvalue weighted by molar-refractivity contribution is 6.17. The van der Waals surface area contributed by atoms with Gasteiger partial charge in [-0.05, 0) is 71.4 Å². The number of aromatic nitrogens is 4. The van der Waals surface area contributed by atoms with Crippen molar-refractivity contribution in [2.75, 3.05) is 5.32 Å². The number of carbonyl (C=O) groups is 2. The Bertz CT molecular complexity index is 1220. The van der Waals surface area contributed by atoms with E-state index in [0.29, 0.717) is 11.3 Å². The summed E-state index contributed by atoms with van der Waals surface area (Å²) in [6.45, 7) is 1.87. The lowest BCUT2D eigenvalue weighted by Gasteiger charge is -2.11. The normalized spacial score (nSPS) is 10.6. The summed E-state index contributed by atoms with van der Waals surface area (Å²) in [4.78, 5) is 25.7. The van der Waals surface area contributed by atoms with Gasteiger partial charge in [-0.1, -0.05) is 18.2 Å². The van der Waals surface area contributed by atoms with E-state index in [1.807, 2.05) is 6.92 Å². The monoisotopic (exact) mass is 401 g/mol. The minimum Gasteiger partial charge on any atom is -0.322 e. The molecule has 0 spiro atoms. The van der Waals surface area contributed by atoms with E-state index in [9.17, 15) is 14.0 Å². The van der Waals surface area contributed by atoms with Gasteiger partial charge >= 0.3 is 0 Å². The lowest BCUT2D eigenvalue weighted by Crippen LogP contribution is -2.17. The van der Waals surface area contributed by atoms with Crippen LogP contribution in [0.5, 0.6) is 0 Å². The van der Waals surface area contributed by atoms with Crippen LogP contribution in [0.3, 0.4) is 0 Å². The molecular weight excluding hydrogens is 385 g/mol. The lowest BCUT2D eigenvalue weighted by molar-refractivity contribution is 0.0996. The van der Waals surface area contributed by atoms with Crippen molar-refractivity contribution in [3.8, 4) is 5.69 Å². The number of hydrogen-bond acceptors (Lipinski definition) is 5. The number of aryl methyl sites for hydroxylation is 1. The largest absolute Gasteiger partial charge is 0.322 e. The van der Waals surface area contributed by atoms with Gasteiger partial charge in [-0.25, -0.2) is 9.07 Å². The molecule has 1 aromatic heterocycles. The maximum absolute atomic E-state index is 13.2. The van der Waals surface area contributed by atoms with E-state index < -0.39 is 11.7 Å². The van der Waals surface area contributed by atoms with Crippen molar-refractivity contribution in [1.29, 1.82) is 0 Å². The highest BCUT2D eigenvalue weighted by Crippen LogP contribution is 2.20. The number of nitrogens with one attached hydrogen (secondary N) is 1. The fraction of sp³-hybridized carbons (Fsp3) is 0.0455. The summed E-state index contributed by atoms with van der Waals surface area (Å²) in [5, 5.41) is 13.9. The zero-order valence-electron chi connectivity index (χ0n) is 15.9. The molecule has 0 unspecified atom stereocenters. The van der Waals surface area contributed by atoms with E-state index in [-0.39, 0.29) is 16.9 Å². The molecule has 0 saturated carbocycles. The van der Waals surface area contributed by atoms with Gasteiger partial charge in [0.25, 0.3) is 5.91 Å². The van der Waals surface area contributed by atoms with E-state index in [4.69, 9.17) is 0 Å². The quantitative estimate of drug-likeness (QED) is 0.516. The number of ketones is 1. The van der Waals surface area contributed by atoms with Crippen LogP contribution in [-0.4, -0.2) is 31.9 Å². The van der Waals surface area contributed by atoms with Gasteiger partial charge in [0.2, 0.25) is 0 Å². The third kappa shape index (κ3) is 3.83. The van der Waals surface area contributed by atoms with Crippen molar-refractivity contribution in [3.63, 3.8) is 0 Å². The Hall–Kier alpha value is -4.20. The van der Waals surface area contributed by atoms with Crippen LogP contribution >= 0.6 is 0 Å². The average Bonchev–Trinajstić information content (AvgIpc) is 3.28. The zero-order chi connectivity index (χ0) is 21.1. The fourth-order valence-corrected chi connectivity index (χ4v) is 3.10. The van der Waals surface area contributed by atoms with Crippen molar-refractivity contribution < 1.29 is 14.0 Å². The molecule has 30 heavy (non-hydrogen) atoms. The Morgan fingerprint density at radius 1 is 0.967 bits per heavy atom. The van der Waals surface area contributed by atoms with E-state index in [2.05, 4.69) is 20.8 Å². The van der Waals surface area contributed by atoms with Crippen LogP contribution in [0.1, 0.15) is 31.8 Å². The summed E-state index contributed by atoms with van der Waals surface area (Å²) in [7, 11) is 0. The molecule has 0 bridgehead atoms. The first-order chi connectivity index (χ1) is 14.5. The molecule has 8 heteroatoms. The molecule has 0 atom stereocenters. The molecule has 0 radical (unpaired) electrons. The number of rotatable bonds is 5. The van der Waals surface area contributed by atoms with E-state index in [1.54, 1.807) is 42.5 Å². The second kappa shape index (κ2) is 8.04. The molecule has 0 aliphatic rings. The maximum Gasteiger partial charge on any atom is 0.256 e. The fourth-order valence-electron chi connectivity index (χ4n) is 3.10. The standard InChI is InChI=1S/C22H16FN5O2/c1-14-12-17(10-11-20(14)28-13-24-26-27-28)25-22(30)19-5-3-2-4-18(19)21(29)15-6-8-16(23)9-7-15/h2-13H,1H3,(H,25,30). The maximum atomic E-state index is 13.2. The van der Waals surface area contributed by atoms with Crippen LogP contribution in [0.2, 0.25) is 0 Å². The van der Waals surface area contributed by atoms with Crippen LogP contribution in [0.15, 0.2) is 73.1 Å². The molecule has 0 aliphatic heterocycles. The molecule has 4 aromatic rings. The predicted octanol–water partition coefficient (Wildman–Crippen LogP) is 3.59. The lowest BCUT2D eigenvalue weighted by atomic mass is 9.98. The Morgan fingerprint density at radius 3 is 2.37 bits per heavy atom. The van der Waals surface area contributed by atoms with Gasteiger partial charge in [0.1, 0.15) is 12.1 Å². The van der Waals surface area contributed by atoms with Crippen molar-refractivity contribution >= 4 is 17.4 Å². The van der Waals surface area contributed by atoms with Gasteiger partial charge in [-0.15, -0.1) is 5.10 Å². The molecule has 4 rings (SSSR count). The van der Waals surface area contributed by atoms with Gasteiger partial charge in [0.05, 0.1) is 11.3 Å². The molecule has 148 valence electrons. The molecule has 3 aromatic carbocycles. The van der Waals surface area contributed by atoms with Crippen molar-refractivity contribution in [3.05, 3.63) is 101 Å². The Kier molecular flexibility index (Phi) is 5.13. The second-order valence-corrected chi connectivity index (χ2v) is 6.59. The smallest absolute Gasteiger partial charge is 0.256 e. The van der Waals surface area contributed by atoms with Crippen LogP contribution in [-0.2, 0) is 0 Å². The minimum absolute atomic E-state index is 0.231. The summed E-state index contributed by atoms with van der Waals surface area (Å²) in [5.41, 5.74) is 2.98. The van der Waals surface area contributed by atoms with Gasteiger partial charge in [-0.2, -0.15) is 0 Å². The van der Waals surface area contributed by atoms with E-state index in [0.717, 1.165) is 11.3 Å². The highest BCUT2D eigenvalue weighted by atomic mass is 19.1. The number of carbonyl (C=O) groups excluding carboxylic acids is 2. The number of tetrazole rings is 1. The Morgan fingerprint density at radius 2 is 1.70 bits per heavy atom. The summed E-state index contributed by atoms with van der Waals surface area (Å²) >= 11 is 0. The average molecular weight is 401 g/mol. The van der Waals surface area contributed by atoms with Gasteiger partial charge in [0.15, 0.2) is 5.78 Å². The minimum atomic E-state index is -0.432. The number of halogens is 1. The topological polar surface area (TPSA) is 89.8 Å². The van der Waals surface area contributed by atoms with Crippen LogP contribution in [0.4, 0.5) is 10.1 Å². The number of hydrogen-bond donors (Lipinski definition) is 1. The summed E-state index contributed by atoms with van der Waals surface area (Å²) in [6, 6.07) is 17.0. The molecule has 1 heterocycles. The van der Waals surface area contributed by atoms with Crippen LogP contribution < -0.4 is 5.32 Å². The van der Waals surface area contributed by atoms with E-state index >= 15 is 0 Å². The highest BCUT2D eigenvalue weighted by Gasteiger charge is 2.18. The number of anilines is 1. The van der Waals surface area contributed by atoms with Crippen LogP contribution in [0, 0.1) is 12.7 Å². The number of nitrogens with zero attached hydrogens (tertiary/aromatic N) is 4. The summed E-state index contributed by atoms with van der Waals surface area (Å²) in [6.07, 6.45) is 1.48. The molecular formula is C22H16FN5O2. The van der Waals surface area contributed by atoms with Gasteiger partial charge in [0, 0.05) is 16.8 Å². The first kappa shape index (κ1) is 19.1. The molecule has 0 fully saturated rings. The predicted molar refractivity (Wildman–Crippen MR) is 108 cm³/mol. The number of benzene rings is 3. The molecule has 0 aliphatic carbocycles.